The van der Waals surface area contributed by atoms with Crippen molar-refractivity contribution in [2.45, 2.75) is 27.7 Å². The van der Waals surface area contributed by atoms with Crippen molar-refractivity contribution in [2.75, 3.05) is 24.4 Å². The molecule has 0 atom stereocenters. The third kappa shape index (κ3) is 5.78. The van der Waals surface area contributed by atoms with E-state index in [1.165, 1.54) is 12.0 Å². The second-order valence-electron chi connectivity index (χ2n) is 8.47. The molecular formula is C28H29N5O4. The van der Waals surface area contributed by atoms with Gasteiger partial charge in [-0.15, -0.1) is 0 Å². The van der Waals surface area contributed by atoms with E-state index in [4.69, 9.17) is 14.2 Å². The lowest BCUT2D eigenvalue weighted by molar-refractivity contribution is 0.209. The second kappa shape index (κ2) is 10.9. The fourth-order valence-corrected chi connectivity index (χ4v) is 3.77. The predicted octanol–water partition coefficient (Wildman–Crippen LogP) is 6.20. The Kier molecular flexibility index (Phi) is 7.52. The lowest BCUT2D eigenvalue weighted by atomic mass is 10.1. The van der Waals surface area contributed by atoms with Crippen molar-refractivity contribution in [3.63, 3.8) is 0 Å². The van der Waals surface area contributed by atoms with Gasteiger partial charge in [0.2, 0.25) is 5.95 Å². The van der Waals surface area contributed by atoms with Gasteiger partial charge in [0.15, 0.2) is 0 Å². The van der Waals surface area contributed by atoms with Gasteiger partial charge in [-0.2, -0.15) is 4.98 Å². The molecule has 4 rings (SSSR count). The second-order valence-corrected chi connectivity index (χ2v) is 8.47. The molecule has 1 N–H and O–H groups in total. The fraction of sp³-hybridized carbons (Fsp3) is 0.214. The Bertz CT molecular complexity index is 1400. The summed E-state index contributed by atoms with van der Waals surface area (Å²) in [6, 6.07) is 16.3. The van der Waals surface area contributed by atoms with Gasteiger partial charge in [-0.1, -0.05) is 18.2 Å². The number of para-hydroxylation sites is 1. The molecule has 37 heavy (non-hydrogen) atoms. The number of nitrogens with zero attached hydrogens (tertiary/aromatic N) is 4. The molecule has 1 amide bonds. The van der Waals surface area contributed by atoms with Crippen LogP contribution >= 0.6 is 0 Å². The molecule has 0 radical (unpaired) electrons. The molecule has 9 nitrogen and oxygen atoms in total. The van der Waals surface area contributed by atoms with Crippen molar-refractivity contribution >= 4 is 29.2 Å². The van der Waals surface area contributed by atoms with Crippen LogP contribution in [0.4, 0.5) is 27.9 Å². The molecular weight excluding hydrogens is 470 g/mol. The maximum absolute atomic E-state index is 13.8. The highest BCUT2D eigenvalue weighted by molar-refractivity contribution is 5.98. The molecule has 190 valence electrons. The normalized spacial score (nSPS) is 10.5. The minimum Gasteiger partial charge on any atom is -0.497 e. The number of amides is 1. The van der Waals surface area contributed by atoms with Gasteiger partial charge in [-0.3, -0.25) is 4.98 Å². The average molecular weight is 500 g/mol. The number of ether oxygens (including phenoxy) is 3. The van der Waals surface area contributed by atoms with E-state index in [2.05, 4.69) is 20.3 Å². The van der Waals surface area contributed by atoms with E-state index in [9.17, 15) is 4.79 Å². The van der Waals surface area contributed by atoms with Crippen molar-refractivity contribution in [1.82, 2.24) is 15.0 Å². The molecule has 0 aliphatic rings. The Balaban J connectivity index is 1.81. The first-order valence-corrected chi connectivity index (χ1v) is 11.6. The fourth-order valence-electron chi connectivity index (χ4n) is 3.77. The van der Waals surface area contributed by atoms with Crippen LogP contribution in [0.3, 0.4) is 0 Å². The van der Waals surface area contributed by atoms with Gasteiger partial charge in [0.05, 0.1) is 31.8 Å². The van der Waals surface area contributed by atoms with Crippen LogP contribution in [0.25, 0.3) is 0 Å². The lowest BCUT2D eigenvalue weighted by Gasteiger charge is -2.25. The Morgan fingerprint density at radius 3 is 2.27 bits per heavy atom. The lowest BCUT2D eigenvalue weighted by Crippen LogP contribution is -2.31. The van der Waals surface area contributed by atoms with Crippen LogP contribution < -0.4 is 24.4 Å². The van der Waals surface area contributed by atoms with Crippen LogP contribution in [0.5, 0.6) is 17.2 Å². The van der Waals surface area contributed by atoms with Crippen LogP contribution in [-0.4, -0.2) is 35.3 Å². The zero-order valence-electron chi connectivity index (χ0n) is 21.7. The van der Waals surface area contributed by atoms with Crippen LogP contribution in [0, 0.1) is 27.7 Å². The number of hydrogen-bond acceptors (Lipinski definition) is 8. The zero-order chi connectivity index (χ0) is 26.5. The van der Waals surface area contributed by atoms with Gasteiger partial charge in [0, 0.05) is 23.5 Å². The Morgan fingerprint density at radius 1 is 0.865 bits per heavy atom. The summed E-state index contributed by atoms with van der Waals surface area (Å²) < 4.78 is 16.9. The number of nitrogens with one attached hydrogen (secondary N) is 1. The summed E-state index contributed by atoms with van der Waals surface area (Å²) in [6.07, 6.45) is 1.04. The Labute approximate surface area is 216 Å². The highest BCUT2D eigenvalue weighted by Gasteiger charge is 2.27. The number of aromatic nitrogens is 3. The SMILES string of the molecule is COc1ccc(N(C(=O)Oc2c(C)cccc2C)c2cc(C)nc(Nc3ccc(C)nc3)n2)c(OC)c1. The zero-order valence-corrected chi connectivity index (χ0v) is 21.7. The smallest absolute Gasteiger partial charge is 0.425 e. The summed E-state index contributed by atoms with van der Waals surface area (Å²) in [7, 11) is 3.09. The number of carbonyl (C=O) groups is 1. The van der Waals surface area contributed by atoms with Crippen molar-refractivity contribution < 1.29 is 19.0 Å². The van der Waals surface area contributed by atoms with Gasteiger partial charge in [-0.05, 0) is 63.1 Å². The van der Waals surface area contributed by atoms with Gasteiger partial charge in [-0.25, -0.2) is 14.7 Å². The molecule has 0 aliphatic carbocycles. The molecule has 0 aliphatic heterocycles. The molecule has 0 spiro atoms. The summed E-state index contributed by atoms with van der Waals surface area (Å²) in [5.41, 5.74) is 4.36. The molecule has 0 fully saturated rings. The molecule has 9 heteroatoms. The number of aryl methyl sites for hydroxylation is 4. The first kappa shape index (κ1) is 25.4. The van der Waals surface area contributed by atoms with Gasteiger partial charge < -0.3 is 19.5 Å². The van der Waals surface area contributed by atoms with E-state index >= 15 is 0 Å². The minimum absolute atomic E-state index is 0.301. The standard InChI is InChI=1S/C28H29N5O4/c1-17-8-7-9-18(2)26(17)37-28(34)33(23-13-12-22(35-5)15-24(23)36-6)25-14-20(4)30-27(32-25)31-21-11-10-19(3)29-16-21/h7-16H,1-6H3,(H,30,31,32). The van der Waals surface area contributed by atoms with E-state index < -0.39 is 6.09 Å². The summed E-state index contributed by atoms with van der Waals surface area (Å²) in [5, 5.41) is 3.16. The number of methoxy groups -OCH3 is 2. The number of hydrogen-bond donors (Lipinski definition) is 1. The number of carbonyl (C=O) groups excluding carboxylic acids is 1. The van der Waals surface area contributed by atoms with E-state index in [0.29, 0.717) is 46.1 Å². The topological polar surface area (TPSA) is 98.7 Å². The predicted molar refractivity (Wildman–Crippen MR) is 143 cm³/mol. The monoisotopic (exact) mass is 499 g/mol. The number of rotatable bonds is 7. The molecule has 2 heterocycles. The third-order valence-electron chi connectivity index (χ3n) is 5.65. The van der Waals surface area contributed by atoms with Crippen LogP contribution in [-0.2, 0) is 0 Å². The van der Waals surface area contributed by atoms with E-state index in [1.54, 1.807) is 37.6 Å². The number of pyridine rings is 1. The molecule has 2 aromatic carbocycles. The number of benzene rings is 2. The van der Waals surface area contributed by atoms with Crippen molar-refractivity contribution in [1.29, 1.82) is 0 Å². The summed E-state index contributed by atoms with van der Waals surface area (Å²) in [4.78, 5) is 28.6. The van der Waals surface area contributed by atoms with Gasteiger partial charge in [0.25, 0.3) is 0 Å². The Hall–Kier alpha value is -4.66. The van der Waals surface area contributed by atoms with Crippen molar-refractivity contribution in [3.05, 3.63) is 83.3 Å². The minimum atomic E-state index is -0.651. The molecule has 0 unspecified atom stereocenters. The highest BCUT2D eigenvalue weighted by atomic mass is 16.6. The molecule has 0 saturated heterocycles. The van der Waals surface area contributed by atoms with E-state index in [0.717, 1.165) is 16.8 Å². The van der Waals surface area contributed by atoms with Gasteiger partial charge >= 0.3 is 6.09 Å². The maximum Gasteiger partial charge on any atom is 0.425 e. The molecule has 2 aromatic heterocycles. The van der Waals surface area contributed by atoms with Crippen molar-refractivity contribution in [2.24, 2.45) is 0 Å². The molecule has 0 saturated carbocycles. The Morgan fingerprint density at radius 2 is 1.62 bits per heavy atom. The third-order valence-corrected chi connectivity index (χ3v) is 5.65. The quantitative estimate of drug-likeness (QED) is 0.321. The highest BCUT2D eigenvalue weighted by Crippen LogP contribution is 2.37. The molecule has 0 bridgehead atoms. The van der Waals surface area contributed by atoms with Crippen LogP contribution in [0.2, 0.25) is 0 Å². The van der Waals surface area contributed by atoms with Crippen molar-refractivity contribution in [3.8, 4) is 17.2 Å². The number of anilines is 4. The van der Waals surface area contributed by atoms with E-state index in [1.807, 2.05) is 58.0 Å². The largest absolute Gasteiger partial charge is 0.497 e. The summed E-state index contributed by atoms with van der Waals surface area (Å²) >= 11 is 0. The van der Waals surface area contributed by atoms with E-state index in [-0.39, 0.29) is 0 Å². The molecule has 4 aromatic rings. The first-order chi connectivity index (χ1) is 17.8. The summed E-state index contributed by atoms with van der Waals surface area (Å²) in [5.74, 6) is 2.08. The van der Waals surface area contributed by atoms with Crippen LogP contribution in [0.1, 0.15) is 22.5 Å². The maximum atomic E-state index is 13.8. The average Bonchev–Trinajstić information content (AvgIpc) is 2.87. The van der Waals surface area contributed by atoms with Gasteiger partial charge in [0.1, 0.15) is 23.1 Å². The summed E-state index contributed by atoms with van der Waals surface area (Å²) in [6.45, 7) is 7.51. The van der Waals surface area contributed by atoms with Crippen LogP contribution in [0.15, 0.2) is 60.8 Å². The first-order valence-electron chi connectivity index (χ1n) is 11.6.